The first-order valence-corrected chi connectivity index (χ1v) is 10.5. The average Bonchev–Trinajstić information content (AvgIpc) is 3.12. The molecule has 0 saturated heterocycles. The van der Waals surface area contributed by atoms with E-state index >= 15 is 0 Å². The molecule has 0 unspecified atom stereocenters. The number of aryl methyl sites for hydroxylation is 1. The molecular weight excluding hydrogens is 370 g/mol. The maximum atomic E-state index is 12.7. The second kappa shape index (κ2) is 9.46. The molecule has 0 fully saturated rings. The van der Waals surface area contributed by atoms with Gasteiger partial charge in [0.2, 0.25) is 5.91 Å². The summed E-state index contributed by atoms with van der Waals surface area (Å²) in [4.78, 5) is 31.4. The molecule has 1 heterocycles. The maximum absolute atomic E-state index is 12.7. The lowest BCUT2D eigenvalue weighted by Crippen LogP contribution is -2.31. The highest BCUT2D eigenvalue weighted by molar-refractivity contribution is 7.18. The third kappa shape index (κ3) is 4.75. The molecule has 146 valence electrons. The van der Waals surface area contributed by atoms with Gasteiger partial charge in [-0.15, -0.1) is 11.3 Å². The van der Waals surface area contributed by atoms with E-state index in [1.165, 1.54) is 4.70 Å². The summed E-state index contributed by atoms with van der Waals surface area (Å²) in [6, 6.07) is 15.2. The SMILES string of the molecule is CCN(CC)C(=O)c1ccccc1NC(=O)CCCc1nc2ccccc2s1. The van der Waals surface area contributed by atoms with Crippen molar-refractivity contribution in [1.29, 1.82) is 0 Å². The normalized spacial score (nSPS) is 10.8. The number of anilines is 1. The second-order valence-corrected chi connectivity index (χ2v) is 7.62. The minimum absolute atomic E-state index is 0.0598. The van der Waals surface area contributed by atoms with E-state index < -0.39 is 0 Å². The first-order valence-electron chi connectivity index (χ1n) is 9.65. The summed E-state index contributed by atoms with van der Waals surface area (Å²) in [7, 11) is 0. The Hall–Kier alpha value is -2.73. The Bertz CT molecular complexity index is 930. The lowest BCUT2D eigenvalue weighted by atomic mass is 10.1. The standard InChI is InChI=1S/C22H25N3O2S/c1-3-25(4-2)22(27)16-10-5-6-11-17(16)23-20(26)14-9-15-21-24-18-12-7-8-13-19(18)28-21/h5-8,10-13H,3-4,9,14-15H2,1-2H3,(H,23,26). The van der Waals surface area contributed by atoms with Gasteiger partial charge in [-0.25, -0.2) is 4.98 Å². The fourth-order valence-corrected chi connectivity index (χ4v) is 4.11. The molecule has 0 aliphatic heterocycles. The molecule has 0 atom stereocenters. The molecule has 2 aromatic carbocycles. The molecule has 0 spiro atoms. The number of para-hydroxylation sites is 2. The summed E-state index contributed by atoms with van der Waals surface area (Å²) >= 11 is 1.67. The van der Waals surface area contributed by atoms with Crippen LogP contribution in [0.3, 0.4) is 0 Å². The van der Waals surface area contributed by atoms with Crippen LogP contribution in [0.4, 0.5) is 5.69 Å². The Morgan fingerprint density at radius 1 is 1.04 bits per heavy atom. The van der Waals surface area contributed by atoms with Gasteiger partial charge in [0.05, 0.1) is 26.5 Å². The zero-order chi connectivity index (χ0) is 19.9. The predicted molar refractivity (Wildman–Crippen MR) is 115 cm³/mol. The van der Waals surface area contributed by atoms with Crippen molar-refractivity contribution in [3.05, 3.63) is 59.1 Å². The number of rotatable bonds is 8. The molecule has 5 nitrogen and oxygen atoms in total. The van der Waals surface area contributed by atoms with Crippen molar-refractivity contribution in [3.63, 3.8) is 0 Å². The lowest BCUT2D eigenvalue weighted by molar-refractivity contribution is -0.116. The van der Waals surface area contributed by atoms with Gasteiger partial charge in [0.1, 0.15) is 0 Å². The molecule has 0 bridgehead atoms. The summed E-state index contributed by atoms with van der Waals surface area (Å²) in [5.74, 6) is -0.142. The van der Waals surface area contributed by atoms with Gasteiger partial charge in [0, 0.05) is 19.5 Å². The van der Waals surface area contributed by atoms with Crippen molar-refractivity contribution in [1.82, 2.24) is 9.88 Å². The number of benzene rings is 2. The molecule has 28 heavy (non-hydrogen) atoms. The Balaban J connectivity index is 1.58. The summed E-state index contributed by atoms with van der Waals surface area (Å²) < 4.78 is 1.17. The van der Waals surface area contributed by atoms with E-state index in [0.29, 0.717) is 30.8 Å². The number of aromatic nitrogens is 1. The van der Waals surface area contributed by atoms with Crippen LogP contribution in [0.25, 0.3) is 10.2 Å². The summed E-state index contributed by atoms with van der Waals surface area (Å²) in [5, 5.41) is 3.95. The zero-order valence-corrected chi connectivity index (χ0v) is 17.1. The number of fused-ring (bicyclic) bond motifs is 1. The Labute approximate surface area is 169 Å². The summed E-state index contributed by atoms with van der Waals surface area (Å²) in [6.45, 7) is 5.18. The predicted octanol–water partition coefficient (Wildman–Crippen LogP) is 4.74. The number of carbonyl (C=O) groups is 2. The third-order valence-electron chi connectivity index (χ3n) is 4.61. The highest BCUT2D eigenvalue weighted by atomic mass is 32.1. The average molecular weight is 396 g/mol. The lowest BCUT2D eigenvalue weighted by Gasteiger charge is -2.20. The largest absolute Gasteiger partial charge is 0.339 e. The van der Waals surface area contributed by atoms with Crippen molar-refractivity contribution >= 4 is 39.1 Å². The van der Waals surface area contributed by atoms with E-state index in [1.54, 1.807) is 28.4 Å². The third-order valence-corrected chi connectivity index (χ3v) is 5.71. The fraction of sp³-hybridized carbons (Fsp3) is 0.318. The molecule has 0 radical (unpaired) electrons. The maximum Gasteiger partial charge on any atom is 0.255 e. The van der Waals surface area contributed by atoms with Gasteiger partial charge in [-0.1, -0.05) is 24.3 Å². The first-order chi connectivity index (χ1) is 13.6. The quantitative estimate of drug-likeness (QED) is 0.599. The van der Waals surface area contributed by atoms with Gasteiger partial charge in [-0.3, -0.25) is 9.59 Å². The van der Waals surface area contributed by atoms with Crippen molar-refractivity contribution in [2.75, 3.05) is 18.4 Å². The molecule has 0 aliphatic carbocycles. The van der Waals surface area contributed by atoms with Crippen LogP contribution in [0.5, 0.6) is 0 Å². The van der Waals surface area contributed by atoms with Crippen LogP contribution in [0.2, 0.25) is 0 Å². The van der Waals surface area contributed by atoms with Gasteiger partial charge in [0.15, 0.2) is 0 Å². The first kappa shape index (κ1) is 20.0. The van der Waals surface area contributed by atoms with Crippen molar-refractivity contribution < 1.29 is 9.59 Å². The summed E-state index contributed by atoms with van der Waals surface area (Å²) in [6.07, 6.45) is 1.88. The van der Waals surface area contributed by atoms with E-state index in [0.717, 1.165) is 23.4 Å². The number of carbonyl (C=O) groups excluding carboxylic acids is 2. The van der Waals surface area contributed by atoms with E-state index in [-0.39, 0.29) is 11.8 Å². The van der Waals surface area contributed by atoms with Crippen LogP contribution >= 0.6 is 11.3 Å². The van der Waals surface area contributed by atoms with Gasteiger partial charge in [-0.2, -0.15) is 0 Å². The van der Waals surface area contributed by atoms with Crippen molar-refractivity contribution in [2.45, 2.75) is 33.1 Å². The van der Waals surface area contributed by atoms with Crippen molar-refractivity contribution in [3.8, 4) is 0 Å². The van der Waals surface area contributed by atoms with Crippen LogP contribution in [0.1, 0.15) is 42.1 Å². The van der Waals surface area contributed by atoms with Gasteiger partial charge in [0.25, 0.3) is 5.91 Å². The summed E-state index contributed by atoms with van der Waals surface area (Å²) in [5.41, 5.74) is 2.12. The molecule has 2 amide bonds. The molecule has 1 aromatic heterocycles. The van der Waals surface area contributed by atoms with Crippen LogP contribution in [-0.2, 0) is 11.2 Å². The van der Waals surface area contributed by atoms with E-state index in [4.69, 9.17) is 0 Å². The Kier molecular flexibility index (Phi) is 6.76. The molecule has 0 saturated carbocycles. The molecule has 3 rings (SSSR count). The molecule has 1 N–H and O–H groups in total. The van der Waals surface area contributed by atoms with Crippen LogP contribution in [0.15, 0.2) is 48.5 Å². The molecule has 3 aromatic rings. The van der Waals surface area contributed by atoms with Gasteiger partial charge in [-0.05, 0) is 51.0 Å². The van der Waals surface area contributed by atoms with Gasteiger partial charge < -0.3 is 10.2 Å². The van der Waals surface area contributed by atoms with Crippen molar-refractivity contribution in [2.24, 2.45) is 0 Å². The fourth-order valence-electron chi connectivity index (χ4n) is 3.10. The Morgan fingerprint density at radius 3 is 2.50 bits per heavy atom. The van der Waals surface area contributed by atoms with E-state index in [9.17, 15) is 9.59 Å². The van der Waals surface area contributed by atoms with Gasteiger partial charge >= 0.3 is 0 Å². The smallest absolute Gasteiger partial charge is 0.255 e. The number of thiazole rings is 1. The number of nitrogens with zero attached hydrogens (tertiary/aromatic N) is 2. The second-order valence-electron chi connectivity index (χ2n) is 6.50. The molecular formula is C22H25N3O2S. The minimum atomic E-state index is -0.0825. The number of amides is 2. The van der Waals surface area contributed by atoms with E-state index in [1.807, 2.05) is 44.2 Å². The van der Waals surface area contributed by atoms with Crippen LogP contribution in [0, 0.1) is 0 Å². The number of hydrogen-bond acceptors (Lipinski definition) is 4. The molecule has 6 heteroatoms. The zero-order valence-electron chi connectivity index (χ0n) is 16.3. The number of hydrogen-bond donors (Lipinski definition) is 1. The topological polar surface area (TPSA) is 62.3 Å². The molecule has 0 aliphatic rings. The minimum Gasteiger partial charge on any atom is -0.339 e. The Morgan fingerprint density at radius 2 is 1.75 bits per heavy atom. The van der Waals surface area contributed by atoms with E-state index in [2.05, 4.69) is 16.4 Å². The van der Waals surface area contributed by atoms with Crippen LogP contribution in [-0.4, -0.2) is 34.8 Å². The number of nitrogens with one attached hydrogen (secondary N) is 1. The monoisotopic (exact) mass is 395 g/mol. The highest BCUT2D eigenvalue weighted by Gasteiger charge is 2.17. The van der Waals surface area contributed by atoms with Crippen LogP contribution < -0.4 is 5.32 Å². The highest BCUT2D eigenvalue weighted by Crippen LogP contribution is 2.23.